The van der Waals surface area contributed by atoms with E-state index >= 15 is 0 Å². The lowest BCUT2D eigenvalue weighted by atomic mass is 10.1. The first-order valence-corrected chi connectivity index (χ1v) is 10.8. The Morgan fingerprint density at radius 2 is 1.74 bits per heavy atom. The minimum atomic E-state index is -5.77. The number of likely N-dealkylation sites (N-methyl/N-ethyl adjacent to an activating group) is 1. The molecule has 0 spiro atoms. The Hall–Kier alpha value is -2.45. The van der Waals surface area contributed by atoms with E-state index in [2.05, 4.69) is 10.1 Å². The highest BCUT2D eigenvalue weighted by atomic mass is 35.5. The number of anilines is 1. The SMILES string of the molecule is CN(CCNc1cc(Cl)ccc1CN1CCN(C(=O)OC(C(F)(F)F)C(F)(F)F)CC1)CC(=O)O. The van der Waals surface area contributed by atoms with E-state index < -0.39 is 30.5 Å². The third kappa shape index (κ3) is 9.26. The summed E-state index contributed by atoms with van der Waals surface area (Å²) in [7, 11) is 1.66. The van der Waals surface area contributed by atoms with Gasteiger partial charge in [-0.25, -0.2) is 4.79 Å². The van der Waals surface area contributed by atoms with Gasteiger partial charge in [-0.15, -0.1) is 0 Å². The van der Waals surface area contributed by atoms with Crippen molar-refractivity contribution in [3.05, 3.63) is 28.8 Å². The number of rotatable bonds is 9. The molecule has 198 valence electrons. The van der Waals surface area contributed by atoms with E-state index in [1.165, 1.54) is 0 Å². The molecule has 8 nitrogen and oxygen atoms in total. The molecule has 0 aliphatic carbocycles. The molecule has 1 aromatic rings. The lowest BCUT2D eigenvalue weighted by molar-refractivity contribution is -0.308. The van der Waals surface area contributed by atoms with Gasteiger partial charge in [-0.05, 0) is 24.7 Å². The lowest BCUT2D eigenvalue weighted by Crippen LogP contribution is -2.52. The predicted octanol–water partition coefficient (Wildman–Crippen LogP) is 3.52. The molecular formula is C20H25ClF6N4O4. The largest absolute Gasteiger partial charge is 0.480 e. The number of carboxylic acid groups (broad SMARTS) is 1. The van der Waals surface area contributed by atoms with E-state index in [1.54, 1.807) is 30.1 Å². The number of ether oxygens (including phenoxy) is 1. The third-order valence-electron chi connectivity index (χ3n) is 5.12. The number of carbonyl (C=O) groups is 2. The van der Waals surface area contributed by atoms with Crippen molar-refractivity contribution in [2.24, 2.45) is 0 Å². The maximum absolute atomic E-state index is 12.6. The van der Waals surface area contributed by atoms with Crippen LogP contribution < -0.4 is 5.32 Å². The zero-order valence-corrected chi connectivity index (χ0v) is 19.4. The van der Waals surface area contributed by atoms with Crippen LogP contribution in [0.1, 0.15) is 5.56 Å². The number of carbonyl (C=O) groups excluding carboxylic acids is 1. The molecule has 1 aromatic carbocycles. The van der Waals surface area contributed by atoms with E-state index in [-0.39, 0.29) is 32.7 Å². The minimum absolute atomic E-state index is 0.113. The monoisotopic (exact) mass is 534 g/mol. The summed E-state index contributed by atoms with van der Waals surface area (Å²) in [5.41, 5.74) is 1.52. The van der Waals surface area contributed by atoms with E-state index in [1.807, 2.05) is 4.90 Å². The van der Waals surface area contributed by atoms with E-state index in [0.29, 0.717) is 30.3 Å². The first kappa shape index (κ1) is 28.8. The van der Waals surface area contributed by atoms with Crippen molar-refractivity contribution in [1.82, 2.24) is 14.7 Å². The van der Waals surface area contributed by atoms with Gasteiger partial charge in [0, 0.05) is 56.5 Å². The number of nitrogens with zero attached hydrogens (tertiary/aromatic N) is 3. The third-order valence-corrected chi connectivity index (χ3v) is 5.36. The number of amides is 1. The fourth-order valence-electron chi connectivity index (χ4n) is 3.37. The van der Waals surface area contributed by atoms with Gasteiger partial charge < -0.3 is 20.1 Å². The smallest absolute Gasteiger partial charge is 0.434 e. The molecule has 0 atom stereocenters. The molecule has 35 heavy (non-hydrogen) atoms. The molecule has 1 amide bonds. The maximum atomic E-state index is 12.6. The molecule has 0 radical (unpaired) electrons. The molecule has 0 bridgehead atoms. The Kier molecular flexibility index (Phi) is 9.86. The van der Waals surface area contributed by atoms with Gasteiger partial charge in [-0.3, -0.25) is 14.6 Å². The summed E-state index contributed by atoms with van der Waals surface area (Å²) in [6.07, 6.45) is -17.4. The van der Waals surface area contributed by atoms with Crippen LogP contribution in [0.25, 0.3) is 0 Å². The van der Waals surface area contributed by atoms with Crippen molar-refractivity contribution in [3.8, 4) is 0 Å². The second-order valence-corrected chi connectivity index (χ2v) is 8.41. The van der Waals surface area contributed by atoms with Crippen LogP contribution in [-0.4, -0.2) is 103 Å². The predicted molar refractivity (Wildman–Crippen MR) is 114 cm³/mol. The fraction of sp³-hybridized carbons (Fsp3) is 0.600. The van der Waals surface area contributed by atoms with Gasteiger partial charge in [-0.2, -0.15) is 26.3 Å². The van der Waals surface area contributed by atoms with Crippen molar-refractivity contribution >= 4 is 29.4 Å². The topological polar surface area (TPSA) is 85.4 Å². The molecule has 1 heterocycles. The van der Waals surface area contributed by atoms with Crippen molar-refractivity contribution < 1.29 is 45.8 Å². The molecule has 1 fully saturated rings. The highest BCUT2D eigenvalue weighted by molar-refractivity contribution is 6.30. The van der Waals surface area contributed by atoms with Gasteiger partial charge in [0.25, 0.3) is 6.10 Å². The molecule has 0 saturated carbocycles. The van der Waals surface area contributed by atoms with Crippen LogP contribution in [0.4, 0.5) is 36.8 Å². The number of aliphatic carboxylic acids is 1. The number of halogens is 7. The average molecular weight is 535 g/mol. The molecule has 1 aliphatic heterocycles. The van der Waals surface area contributed by atoms with E-state index in [0.717, 1.165) is 10.5 Å². The first-order chi connectivity index (χ1) is 16.2. The molecule has 0 aromatic heterocycles. The lowest BCUT2D eigenvalue weighted by Gasteiger charge is -2.35. The van der Waals surface area contributed by atoms with Crippen LogP contribution in [0, 0.1) is 0 Å². The fourth-order valence-corrected chi connectivity index (χ4v) is 3.54. The summed E-state index contributed by atoms with van der Waals surface area (Å²) in [6, 6.07) is 5.13. The van der Waals surface area contributed by atoms with Gasteiger partial charge in [0.2, 0.25) is 0 Å². The summed E-state index contributed by atoms with van der Waals surface area (Å²) in [5.74, 6) is -0.952. The quantitative estimate of drug-likeness (QED) is 0.469. The van der Waals surface area contributed by atoms with E-state index in [4.69, 9.17) is 16.7 Å². The zero-order chi connectivity index (χ0) is 26.4. The maximum Gasteiger partial charge on any atom is 0.434 e. The molecule has 2 rings (SSSR count). The number of hydrogen-bond donors (Lipinski definition) is 2. The molecule has 1 aliphatic rings. The van der Waals surface area contributed by atoms with Crippen LogP contribution in [0.5, 0.6) is 0 Å². The normalized spacial score (nSPS) is 15.5. The Labute approximate surface area is 202 Å². The standard InChI is InChI=1S/C20H25ClF6N4O4/c1-29(12-16(32)33)5-4-28-15-10-14(21)3-2-13(15)11-30-6-8-31(9-7-30)18(34)35-17(19(22,23)24)20(25,26)27/h2-3,10,17,28H,4-9,11-12H2,1H3,(H,32,33). The molecule has 2 N–H and O–H groups in total. The summed E-state index contributed by atoms with van der Waals surface area (Å²) in [6.45, 7) is 1.29. The number of carboxylic acids is 1. The highest BCUT2D eigenvalue weighted by Gasteiger charge is 2.60. The second kappa shape index (κ2) is 12.0. The molecular weight excluding hydrogens is 510 g/mol. The number of nitrogens with one attached hydrogen (secondary N) is 1. The second-order valence-electron chi connectivity index (χ2n) is 7.97. The summed E-state index contributed by atoms with van der Waals surface area (Å²) in [5, 5.41) is 12.5. The van der Waals surface area contributed by atoms with Crippen molar-refractivity contribution in [2.75, 3.05) is 58.2 Å². The van der Waals surface area contributed by atoms with Gasteiger partial charge in [-0.1, -0.05) is 17.7 Å². The number of piperazine rings is 1. The number of benzene rings is 1. The average Bonchev–Trinajstić information content (AvgIpc) is 2.72. The Balaban J connectivity index is 1.92. The Bertz CT molecular complexity index is 864. The van der Waals surface area contributed by atoms with Crippen LogP contribution in [0.15, 0.2) is 18.2 Å². The molecule has 15 heteroatoms. The van der Waals surface area contributed by atoms with E-state index in [9.17, 15) is 35.9 Å². The number of alkyl halides is 6. The van der Waals surface area contributed by atoms with Gasteiger partial charge in [0.05, 0.1) is 6.54 Å². The highest BCUT2D eigenvalue weighted by Crippen LogP contribution is 2.36. The minimum Gasteiger partial charge on any atom is -0.480 e. The summed E-state index contributed by atoms with van der Waals surface area (Å²) in [4.78, 5) is 27.0. The van der Waals surface area contributed by atoms with Crippen LogP contribution in [-0.2, 0) is 16.1 Å². The molecule has 1 saturated heterocycles. The van der Waals surface area contributed by atoms with Crippen molar-refractivity contribution in [1.29, 1.82) is 0 Å². The summed E-state index contributed by atoms with van der Waals surface area (Å²) >= 11 is 6.07. The first-order valence-electron chi connectivity index (χ1n) is 10.4. The van der Waals surface area contributed by atoms with Gasteiger partial charge in [0.1, 0.15) is 0 Å². The van der Waals surface area contributed by atoms with Gasteiger partial charge >= 0.3 is 24.4 Å². The Morgan fingerprint density at radius 1 is 1.14 bits per heavy atom. The van der Waals surface area contributed by atoms with Crippen LogP contribution in [0.3, 0.4) is 0 Å². The zero-order valence-electron chi connectivity index (χ0n) is 18.6. The van der Waals surface area contributed by atoms with Gasteiger partial charge in [0.15, 0.2) is 0 Å². The molecule has 0 unspecified atom stereocenters. The van der Waals surface area contributed by atoms with Crippen LogP contribution in [0.2, 0.25) is 5.02 Å². The van der Waals surface area contributed by atoms with Crippen LogP contribution >= 0.6 is 11.6 Å². The number of hydrogen-bond acceptors (Lipinski definition) is 6. The summed E-state index contributed by atoms with van der Waals surface area (Å²) < 4.78 is 79.6. The Morgan fingerprint density at radius 3 is 2.29 bits per heavy atom. The van der Waals surface area contributed by atoms with Crippen molar-refractivity contribution in [3.63, 3.8) is 0 Å². The van der Waals surface area contributed by atoms with Crippen molar-refractivity contribution in [2.45, 2.75) is 25.0 Å².